The smallest absolute Gasteiger partial charge is 0.307 e. The summed E-state index contributed by atoms with van der Waals surface area (Å²) < 4.78 is 20.4. The van der Waals surface area contributed by atoms with Crippen LogP contribution in [0, 0.1) is 29.1 Å². The Labute approximate surface area is 142 Å². The summed E-state index contributed by atoms with van der Waals surface area (Å²) in [6, 6.07) is 0. The van der Waals surface area contributed by atoms with E-state index in [0.29, 0.717) is 30.9 Å². The van der Waals surface area contributed by atoms with Gasteiger partial charge < -0.3 is 4.74 Å². The molecule has 24 heavy (non-hydrogen) atoms. The van der Waals surface area contributed by atoms with Gasteiger partial charge in [0, 0.05) is 31.1 Å². The third-order valence-corrected chi connectivity index (χ3v) is 7.01. The Morgan fingerprint density at radius 3 is 2.88 bits per heavy atom. The highest BCUT2D eigenvalue weighted by Crippen LogP contribution is 2.60. The van der Waals surface area contributed by atoms with Crippen molar-refractivity contribution in [2.45, 2.75) is 58.5 Å². The maximum Gasteiger partial charge on any atom is 0.307 e. The molecular formula is C20H25FO3. The summed E-state index contributed by atoms with van der Waals surface area (Å²) in [6.45, 7) is 3.41. The molecule has 0 bridgehead atoms. The summed E-state index contributed by atoms with van der Waals surface area (Å²) in [5.41, 5.74) is 0.689. The predicted octanol–water partition coefficient (Wildman–Crippen LogP) is 4.13. The molecule has 0 aromatic heterocycles. The topological polar surface area (TPSA) is 43.4 Å². The molecule has 0 aromatic rings. The fourth-order valence-corrected chi connectivity index (χ4v) is 5.99. The molecule has 130 valence electrons. The highest BCUT2D eigenvalue weighted by atomic mass is 19.1. The summed E-state index contributed by atoms with van der Waals surface area (Å²) >= 11 is 0. The van der Waals surface area contributed by atoms with E-state index >= 15 is 4.39 Å². The number of hydrogen-bond donors (Lipinski definition) is 0. The van der Waals surface area contributed by atoms with E-state index in [0.717, 1.165) is 24.8 Å². The molecule has 0 N–H and O–H groups in total. The van der Waals surface area contributed by atoms with Crippen molar-refractivity contribution in [3.63, 3.8) is 0 Å². The molecule has 0 spiro atoms. The lowest BCUT2D eigenvalue weighted by molar-refractivity contribution is -0.137. The molecule has 0 radical (unpaired) electrons. The lowest BCUT2D eigenvalue weighted by Crippen LogP contribution is -2.51. The minimum absolute atomic E-state index is 0.0177. The van der Waals surface area contributed by atoms with Crippen LogP contribution in [0.1, 0.15) is 52.4 Å². The van der Waals surface area contributed by atoms with Crippen molar-refractivity contribution >= 4 is 11.8 Å². The van der Waals surface area contributed by atoms with E-state index in [9.17, 15) is 9.59 Å². The summed E-state index contributed by atoms with van der Waals surface area (Å²) in [7, 11) is 0. The Morgan fingerprint density at radius 2 is 2.12 bits per heavy atom. The second kappa shape index (κ2) is 5.53. The highest BCUT2D eigenvalue weighted by molar-refractivity contribution is 5.87. The molecule has 2 saturated carbocycles. The fraction of sp³-hybridized carbons (Fsp3) is 0.700. The first kappa shape index (κ1) is 16.0. The van der Waals surface area contributed by atoms with E-state index in [-0.39, 0.29) is 29.5 Å². The first-order valence-corrected chi connectivity index (χ1v) is 9.16. The second-order valence-electron chi connectivity index (χ2n) is 8.24. The van der Waals surface area contributed by atoms with E-state index in [1.807, 2.05) is 13.0 Å². The van der Waals surface area contributed by atoms with Crippen LogP contribution in [0.2, 0.25) is 0 Å². The molecule has 4 heteroatoms. The van der Waals surface area contributed by atoms with Gasteiger partial charge >= 0.3 is 5.97 Å². The van der Waals surface area contributed by atoms with Gasteiger partial charge in [0.25, 0.3) is 0 Å². The van der Waals surface area contributed by atoms with Gasteiger partial charge in [-0.05, 0) is 55.1 Å². The van der Waals surface area contributed by atoms with Gasteiger partial charge in [-0.2, -0.15) is 0 Å². The molecule has 4 unspecified atom stereocenters. The molecule has 4 aliphatic rings. The first-order chi connectivity index (χ1) is 11.4. The number of alkyl halides is 1. The van der Waals surface area contributed by atoms with Crippen molar-refractivity contribution in [3.05, 3.63) is 23.5 Å². The molecule has 2 fully saturated rings. The van der Waals surface area contributed by atoms with Crippen LogP contribution < -0.4 is 0 Å². The Morgan fingerprint density at radius 1 is 1.33 bits per heavy atom. The number of esters is 1. The Hall–Kier alpha value is -1.45. The van der Waals surface area contributed by atoms with Crippen molar-refractivity contribution in [2.75, 3.05) is 0 Å². The zero-order valence-corrected chi connectivity index (χ0v) is 14.4. The number of carbonyl (C=O) groups excluding carboxylic acids is 2. The van der Waals surface area contributed by atoms with Crippen LogP contribution in [0.15, 0.2) is 23.5 Å². The van der Waals surface area contributed by atoms with Gasteiger partial charge in [-0.25, -0.2) is 4.39 Å². The molecule has 0 aliphatic heterocycles. The maximum atomic E-state index is 15.2. The van der Waals surface area contributed by atoms with Crippen LogP contribution in [0.25, 0.3) is 0 Å². The van der Waals surface area contributed by atoms with E-state index in [4.69, 9.17) is 4.74 Å². The standard InChI is InChI=1S/C20H25FO3/c1-11(22)24-13-4-6-14-12(9-13)3-5-15-16-7-8-18(23)20(16,2)10-17(21)19(14)15/h3,9,14-17,19H,4-8,10H2,1-2H3/t14?,15?,16?,17-,19?,20-/m0/s1. The Bertz CT molecular complexity index is 649. The highest BCUT2D eigenvalue weighted by Gasteiger charge is 2.59. The number of carbonyl (C=O) groups is 2. The van der Waals surface area contributed by atoms with Crippen LogP contribution in [-0.2, 0) is 14.3 Å². The Kier molecular flexibility index (Phi) is 3.70. The zero-order chi connectivity index (χ0) is 17.1. The van der Waals surface area contributed by atoms with Crippen molar-refractivity contribution in [3.8, 4) is 0 Å². The van der Waals surface area contributed by atoms with Gasteiger partial charge in [-0.1, -0.05) is 13.0 Å². The van der Waals surface area contributed by atoms with Gasteiger partial charge in [0.05, 0.1) is 0 Å². The van der Waals surface area contributed by atoms with Gasteiger partial charge in [0.1, 0.15) is 17.7 Å². The van der Waals surface area contributed by atoms with E-state index in [1.54, 1.807) is 0 Å². The van der Waals surface area contributed by atoms with Crippen LogP contribution >= 0.6 is 0 Å². The number of rotatable bonds is 1. The minimum atomic E-state index is -0.907. The molecule has 0 aromatic carbocycles. The van der Waals surface area contributed by atoms with E-state index in [2.05, 4.69) is 6.08 Å². The molecule has 0 amide bonds. The van der Waals surface area contributed by atoms with E-state index < -0.39 is 11.6 Å². The minimum Gasteiger partial charge on any atom is -0.431 e. The largest absolute Gasteiger partial charge is 0.431 e. The number of allylic oxidation sites excluding steroid dienone is 4. The SMILES string of the molecule is CC(=O)OC1=CC2=CCC3C(C2CC1)[C@@H](F)C[C@]1(C)C(=O)CCC31. The summed E-state index contributed by atoms with van der Waals surface area (Å²) in [6.07, 6.45) is 7.55. The van der Waals surface area contributed by atoms with Crippen LogP contribution in [-0.4, -0.2) is 17.9 Å². The third kappa shape index (κ3) is 2.29. The van der Waals surface area contributed by atoms with Crippen molar-refractivity contribution in [1.29, 1.82) is 0 Å². The lowest BCUT2D eigenvalue weighted by Gasteiger charge is -2.52. The first-order valence-electron chi connectivity index (χ1n) is 9.16. The number of hydrogen-bond acceptors (Lipinski definition) is 3. The van der Waals surface area contributed by atoms with Gasteiger partial charge in [-0.15, -0.1) is 0 Å². The zero-order valence-electron chi connectivity index (χ0n) is 14.4. The van der Waals surface area contributed by atoms with Crippen molar-refractivity contribution in [1.82, 2.24) is 0 Å². The second-order valence-corrected chi connectivity index (χ2v) is 8.24. The monoisotopic (exact) mass is 332 g/mol. The van der Waals surface area contributed by atoms with Crippen LogP contribution in [0.3, 0.4) is 0 Å². The summed E-state index contributed by atoms with van der Waals surface area (Å²) in [5, 5.41) is 0. The van der Waals surface area contributed by atoms with Gasteiger partial charge in [0.15, 0.2) is 0 Å². The molecule has 0 saturated heterocycles. The number of Topliss-reactive ketones (excluding diaryl/α,β-unsaturated/α-hetero) is 1. The van der Waals surface area contributed by atoms with Crippen LogP contribution in [0.4, 0.5) is 4.39 Å². The number of halogens is 1. The Balaban J connectivity index is 1.64. The normalized spacial score (nSPS) is 44.0. The summed E-state index contributed by atoms with van der Waals surface area (Å²) in [4.78, 5) is 23.5. The van der Waals surface area contributed by atoms with Gasteiger partial charge in [-0.3, -0.25) is 9.59 Å². The molecular weight excluding hydrogens is 307 g/mol. The fourth-order valence-electron chi connectivity index (χ4n) is 5.99. The maximum absolute atomic E-state index is 15.2. The van der Waals surface area contributed by atoms with Gasteiger partial charge in [0.2, 0.25) is 0 Å². The van der Waals surface area contributed by atoms with Crippen molar-refractivity contribution in [2.24, 2.45) is 29.1 Å². The summed E-state index contributed by atoms with van der Waals surface area (Å²) in [5.74, 6) is 1.51. The van der Waals surface area contributed by atoms with E-state index in [1.165, 1.54) is 6.92 Å². The van der Waals surface area contributed by atoms with Crippen molar-refractivity contribution < 1.29 is 18.7 Å². The average molecular weight is 332 g/mol. The number of ketones is 1. The molecule has 4 aliphatic carbocycles. The lowest BCUT2D eigenvalue weighted by atomic mass is 9.53. The molecule has 3 nitrogen and oxygen atoms in total. The third-order valence-electron chi connectivity index (χ3n) is 7.01. The quantitative estimate of drug-likeness (QED) is 0.678. The van der Waals surface area contributed by atoms with Crippen LogP contribution in [0.5, 0.6) is 0 Å². The number of fused-ring (bicyclic) bond motifs is 5. The molecule has 0 heterocycles. The molecule has 6 atom stereocenters. The molecule has 4 rings (SSSR count). The predicted molar refractivity (Wildman–Crippen MR) is 87.6 cm³/mol. The number of ether oxygens (including phenoxy) is 1. The average Bonchev–Trinajstić information content (AvgIpc) is 2.81.